The molecule has 1 N–H and O–H groups in total. The van der Waals surface area contributed by atoms with Gasteiger partial charge in [0.1, 0.15) is 10.8 Å². The van der Waals surface area contributed by atoms with Crippen LogP contribution in [0.3, 0.4) is 0 Å². The second-order valence-corrected chi connectivity index (χ2v) is 7.77. The lowest BCUT2D eigenvalue weighted by molar-refractivity contribution is -0.113. The van der Waals surface area contributed by atoms with Crippen LogP contribution in [0.4, 0.5) is 5.00 Å². The summed E-state index contributed by atoms with van der Waals surface area (Å²) in [5.41, 5.74) is 0.392. The highest BCUT2D eigenvalue weighted by molar-refractivity contribution is 7.99. The third kappa shape index (κ3) is 4.60. The van der Waals surface area contributed by atoms with E-state index in [1.54, 1.807) is 6.07 Å². The van der Waals surface area contributed by atoms with Crippen molar-refractivity contribution in [3.05, 3.63) is 22.3 Å². The summed E-state index contributed by atoms with van der Waals surface area (Å²) in [7, 11) is 3.21. The molecule has 0 saturated heterocycles. The minimum absolute atomic E-state index is 0.185. The van der Waals surface area contributed by atoms with Crippen LogP contribution in [0.2, 0.25) is 0 Å². The Morgan fingerprint density at radius 1 is 1.40 bits per heavy atom. The van der Waals surface area contributed by atoms with Gasteiger partial charge in [-0.25, -0.2) is 4.79 Å². The van der Waals surface area contributed by atoms with Crippen molar-refractivity contribution in [3.63, 3.8) is 0 Å². The van der Waals surface area contributed by atoms with E-state index in [0.717, 1.165) is 17.1 Å². The van der Waals surface area contributed by atoms with E-state index in [-0.39, 0.29) is 17.6 Å². The molecule has 0 bridgehead atoms. The van der Waals surface area contributed by atoms with Crippen molar-refractivity contribution in [1.82, 2.24) is 14.8 Å². The van der Waals surface area contributed by atoms with Crippen molar-refractivity contribution in [1.29, 1.82) is 0 Å². The number of amides is 1. The van der Waals surface area contributed by atoms with Crippen molar-refractivity contribution in [2.45, 2.75) is 38.3 Å². The number of thioether (sulfide) groups is 1. The highest BCUT2D eigenvalue weighted by Crippen LogP contribution is 2.29. The zero-order chi connectivity index (χ0) is 18.6. The van der Waals surface area contributed by atoms with Crippen molar-refractivity contribution >= 4 is 40.0 Å². The van der Waals surface area contributed by atoms with Crippen LogP contribution < -0.4 is 5.32 Å². The Hall–Kier alpha value is -1.87. The van der Waals surface area contributed by atoms with Crippen LogP contribution in [0.15, 0.2) is 11.2 Å². The van der Waals surface area contributed by atoms with Gasteiger partial charge in [0, 0.05) is 17.8 Å². The number of rotatable bonds is 7. The number of thiophene rings is 1. The number of anilines is 1. The zero-order valence-corrected chi connectivity index (χ0v) is 16.6. The number of methoxy groups -OCH3 is 1. The monoisotopic (exact) mass is 382 g/mol. The first-order valence-corrected chi connectivity index (χ1v) is 9.70. The van der Waals surface area contributed by atoms with Crippen LogP contribution in [-0.2, 0) is 23.0 Å². The van der Waals surface area contributed by atoms with Gasteiger partial charge >= 0.3 is 5.97 Å². The molecule has 2 rings (SSSR count). The number of aromatic nitrogens is 3. The minimum atomic E-state index is -0.450. The molecule has 2 aromatic rings. The van der Waals surface area contributed by atoms with Crippen LogP contribution in [-0.4, -0.2) is 39.5 Å². The normalized spacial score (nSPS) is 11.0. The van der Waals surface area contributed by atoms with Gasteiger partial charge in [0.25, 0.3) is 0 Å². The molecule has 9 heteroatoms. The molecule has 25 heavy (non-hydrogen) atoms. The lowest BCUT2D eigenvalue weighted by Gasteiger charge is -2.06. The number of ether oxygens (including phenoxy) is 1. The van der Waals surface area contributed by atoms with Crippen LogP contribution in [0.25, 0.3) is 0 Å². The molecule has 0 radical (unpaired) electrons. The van der Waals surface area contributed by atoms with Crippen molar-refractivity contribution < 1.29 is 14.3 Å². The highest BCUT2D eigenvalue weighted by atomic mass is 32.2. The molecule has 136 valence electrons. The zero-order valence-electron chi connectivity index (χ0n) is 15.0. The third-order valence-electron chi connectivity index (χ3n) is 3.51. The van der Waals surface area contributed by atoms with E-state index >= 15 is 0 Å². The summed E-state index contributed by atoms with van der Waals surface area (Å²) in [4.78, 5) is 25.1. The van der Waals surface area contributed by atoms with E-state index in [1.807, 2.05) is 32.4 Å². The Morgan fingerprint density at radius 2 is 2.12 bits per heavy atom. The van der Waals surface area contributed by atoms with Gasteiger partial charge in [-0.3, -0.25) is 4.79 Å². The van der Waals surface area contributed by atoms with Gasteiger partial charge in [0.05, 0.1) is 18.4 Å². The van der Waals surface area contributed by atoms with Gasteiger partial charge in [0.2, 0.25) is 5.91 Å². The molecule has 0 unspecified atom stereocenters. The van der Waals surface area contributed by atoms with E-state index in [9.17, 15) is 9.59 Å². The first-order chi connectivity index (χ1) is 11.9. The van der Waals surface area contributed by atoms with E-state index < -0.39 is 5.97 Å². The fourth-order valence-electron chi connectivity index (χ4n) is 2.22. The predicted molar refractivity (Wildman–Crippen MR) is 99.5 cm³/mol. The van der Waals surface area contributed by atoms with E-state index in [1.165, 1.54) is 30.2 Å². The number of hydrogen-bond acceptors (Lipinski definition) is 7. The Labute approximate surface area is 155 Å². The number of nitrogens with zero attached hydrogens (tertiary/aromatic N) is 3. The summed E-state index contributed by atoms with van der Waals surface area (Å²) >= 11 is 2.70. The third-order valence-corrected chi connectivity index (χ3v) is 5.72. The average Bonchev–Trinajstić information content (AvgIpc) is 3.15. The number of hydrogen-bond donors (Lipinski definition) is 1. The lowest BCUT2D eigenvalue weighted by Crippen LogP contribution is -2.16. The standard InChI is InChI=1S/C16H22N4O3S2/c1-6-10-7-11(15(22)23-5)14(25-10)17-12(21)8-24-16-19-18-13(9(2)3)20(16)4/h7,9H,6,8H2,1-5H3,(H,17,21). The first kappa shape index (κ1) is 19.5. The van der Waals surface area contributed by atoms with E-state index in [4.69, 9.17) is 4.74 Å². The van der Waals surface area contributed by atoms with Crippen molar-refractivity contribution in [2.75, 3.05) is 18.2 Å². The van der Waals surface area contributed by atoms with Crippen LogP contribution >= 0.6 is 23.1 Å². The summed E-state index contributed by atoms with van der Waals surface area (Å²) in [5, 5.41) is 12.3. The van der Waals surface area contributed by atoms with E-state index in [2.05, 4.69) is 15.5 Å². The summed E-state index contributed by atoms with van der Waals surface area (Å²) in [6, 6.07) is 1.76. The molecule has 0 aliphatic carbocycles. The lowest BCUT2D eigenvalue weighted by atomic mass is 10.2. The molecule has 0 aliphatic heterocycles. The number of nitrogens with one attached hydrogen (secondary N) is 1. The number of carbonyl (C=O) groups excluding carboxylic acids is 2. The van der Waals surface area contributed by atoms with Gasteiger partial charge in [-0.15, -0.1) is 21.5 Å². The SMILES string of the molecule is CCc1cc(C(=O)OC)c(NC(=O)CSc2nnc(C(C)C)n2C)s1. The second-order valence-electron chi connectivity index (χ2n) is 5.69. The van der Waals surface area contributed by atoms with Gasteiger partial charge in [0.15, 0.2) is 5.16 Å². The molecule has 0 aliphatic rings. The maximum atomic E-state index is 12.3. The topological polar surface area (TPSA) is 86.1 Å². The van der Waals surface area contributed by atoms with Gasteiger partial charge in [-0.1, -0.05) is 32.5 Å². The molecular weight excluding hydrogens is 360 g/mol. The number of esters is 1. The van der Waals surface area contributed by atoms with Crippen molar-refractivity contribution in [2.24, 2.45) is 7.05 Å². The molecule has 0 saturated carbocycles. The van der Waals surface area contributed by atoms with Crippen LogP contribution in [0.5, 0.6) is 0 Å². The molecule has 0 spiro atoms. The smallest absolute Gasteiger partial charge is 0.340 e. The molecule has 2 heterocycles. The summed E-state index contributed by atoms with van der Waals surface area (Å²) in [6.45, 7) is 6.08. The quantitative estimate of drug-likeness (QED) is 0.585. The van der Waals surface area contributed by atoms with Crippen LogP contribution in [0, 0.1) is 0 Å². The van der Waals surface area contributed by atoms with E-state index in [0.29, 0.717) is 15.7 Å². The largest absolute Gasteiger partial charge is 0.465 e. The molecule has 7 nitrogen and oxygen atoms in total. The molecular formula is C16H22N4O3S2. The fourth-order valence-corrected chi connectivity index (χ4v) is 3.94. The highest BCUT2D eigenvalue weighted by Gasteiger charge is 2.19. The first-order valence-electron chi connectivity index (χ1n) is 7.90. The second kappa shape index (κ2) is 8.48. The number of carbonyl (C=O) groups is 2. The Bertz CT molecular complexity index is 768. The molecule has 1 amide bonds. The Kier molecular flexibility index (Phi) is 6.60. The van der Waals surface area contributed by atoms with Gasteiger partial charge in [-0.05, 0) is 12.5 Å². The maximum absolute atomic E-state index is 12.3. The maximum Gasteiger partial charge on any atom is 0.340 e. The Morgan fingerprint density at radius 3 is 2.68 bits per heavy atom. The average molecular weight is 383 g/mol. The van der Waals surface area contributed by atoms with Gasteiger partial charge in [-0.2, -0.15) is 0 Å². The molecule has 0 atom stereocenters. The number of aryl methyl sites for hydroxylation is 1. The van der Waals surface area contributed by atoms with Gasteiger partial charge < -0.3 is 14.6 Å². The molecule has 2 aromatic heterocycles. The fraction of sp³-hybridized carbons (Fsp3) is 0.500. The predicted octanol–water partition coefficient (Wildman–Crippen LogP) is 3.08. The minimum Gasteiger partial charge on any atom is -0.465 e. The molecule has 0 fully saturated rings. The Balaban J connectivity index is 2.03. The summed E-state index contributed by atoms with van der Waals surface area (Å²) < 4.78 is 6.67. The van der Waals surface area contributed by atoms with Crippen LogP contribution in [0.1, 0.15) is 47.7 Å². The summed E-state index contributed by atoms with van der Waals surface area (Å²) in [5.74, 6) is 0.676. The van der Waals surface area contributed by atoms with Crippen molar-refractivity contribution in [3.8, 4) is 0 Å². The molecule has 0 aromatic carbocycles. The summed E-state index contributed by atoms with van der Waals surface area (Å²) in [6.07, 6.45) is 0.788.